The summed E-state index contributed by atoms with van der Waals surface area (Å²) in [5.41, 5.74) is 0. The lowest BCUT2D eigenvalue weighted by molar-refractivity contribution is 0.592. The predicted molar refractivity (Wildman–Crippen MR) is 66.6 cm³/mol. The van der Waals surface area contributed by atoms with E-state index in [0.717, 1.165) is 12.8 Å². The molecule has 0 amide bonds. The lowest BCUT2D eigenvalue weighted by atomic mass is 10.1. The van der Waals surface area contributed by atoms with Crippen LogP contribution < -0.4 is 0 Å². The average Bonchev–Trinajstić information content (AvgIpc) is 2.14. The Balaban J connectivity index is 3.22. The van der Waals surface area contributed by atoms with Crippen LogP contribution in [0.2, 0.25) is 0 Å². The average molecular weight is 232 g/mol. The van der Waals surface area contributed by atoms with Gasteiger partial charge in [-0.1, -0.05) is 51.5 Å². The molecule has 15 heavy (non-hydrogen) atoms. The third kappa shape index (κ3) is 13.7. The fourth-order valence-corrected chi connectivity index (χ4v) is 1.95. The molecule has 0 atom stereocenters. The zero-order valence-electron chi connectivity index (χ0n) is 10.0. The lowest BCUT2D eigenvalue weighted by Gasteiger charge is -1.98. The minimum atomic E-state index is -2.91. The molecule has 0 aliphatic rings. The Kier molecular flexibility index (Phi) is 8.77. The third-order valence-electron chi connectivity index (χ3n) is 2.32. The van der Waals surface area contributed by atoms with Crippen LogP contribution in [0.1, 0.15) is 58.3 Å². The van der Waals surface area contributed by atoms with Gasteiger partial charge in [0.25, 0.3) is 0 Å². The van der Waals surface area contributed by atoms with Gasteiger partial charge in [-0.25, -0.2) is 8.42 Å². The predicted octanol–water partition coefficient (Wildman–Crippen LogP) is 3.69. The van der Waals surface area contributed by atoms with Gasteiger partial charge in [0.15, 0.2) is 9.84 Å². The van der Waals surface area contributed by atoms with Crippen LogP contribution in [0.5, 0.6) is 0 Å². The molecule has 0 radical (unpaired) electrons. The standard InChI is InChI=1S/C12H24O2S/c1-3-4-5-6-7-8-9-10-11-12-15(2,13)14/h11-12H,3-10H2,1-2H3. The molecule has 0 heterocycles. The van der Waals surface area contributed by atoms with Crippen LogP contribution >= 0.6 is 0 Å². The van der Waals surface area contributed by atoms with E-state index in [1.807, 2.05) is 0 Å². The second-order valence-corrected chi connectivity index (χ2v) is 6.04. The van der Waals surface area contributed by atoms with Crippen LogP contribution in [-0.4, -0.2) is 14.7 Å². The van der Waals surface area contributed by atoms with Crippen molar-refractivity contribution in [2.45, 2.75) is 58.3 Å². The van der Waals surface area contributed by atoms with Gasteiger partial charge in [-0.05, 0) is 12.8 Å². The summed E-state index contributed by atoms with van der Waals surface area (Å²) in [5.74, 6) is 0. The molecule has 0 aromatic rings. The molecule has 0 bridgehead atoms. The Morgan fingerprint density at radius 1 is 0.933 bits per heavy atom. The van der Waals surface area contributed by atoms with Crippen LogP contribution in [0.25, 0.3) is 0 Å². The van der Waals surface area contributed by atoms with E-state index >= 15 is 0 Å². The Morgan fingerprint density at radius 3 is 2.00 bits per heavy atom. The molecule has 0 aliphatic carbocycles. The molecule has 0 aliphatic heterocycles. The lowest BCUT2D eigenvalue weighted by Crippen LogP contribution is -1.87. The maximum absolute atomic E-state index is 10.8. The molecule has 2 nitrogen and oxygen atoms in total. The van der Waals surface area contributed by atoms with Gasteiger partial charge >= 0.3 is 0 Å². The van der Waals surface area contributed by atoms with Gasteiger partial charge in [-0.2, -0.15) is 0 Å². The van der Waals surface area contributed by atoms with Crippen molar-refractivity contribution >= 4 is 9.84 Å². The van der Waals surface area contributed by atoms with E-state index in [9.17, 15) is 8.42 Å². The molecular weight excluding hydrogens is 208 g/mol. The molecular formula is C12H24O2S. The first kappa shape index (κ1) is 14.7. The van der Waals surface area contributed by atoms with E-state index in [-0.39, 0.29) is 0 Å². The Hall–Kier alpha value is -0.310. The molecule has 0 aromatic carbocycles. The van der Waals surface area contributed by atoms with Crippen molar-refractivity contribution in [3.8, 4) is 0 Å². The fourth-order valence-electron chi connectivity index (χ4n) is 1.46. The molecule has 0 unspecified atom stereocenters. The van der Waals surface area contributed by atoms with Crippen molar-refractivity contribution in [2.75, 3.05) is 6.26 Å². The zero-order chi connectivity index (χ0) is 11.6. The van der Waals surface area contributed by atoms with E-state index in [4.69, 9.17) is 0 Å². The van der Waals surface area contributed by atoms with Gasteiger partial charge < -0.3 is 0 Å². The number of hydrogen-bond acceptors (Lipinski definition) is 2. The summed E-state index contributed by atoms with van der Waals surface area (Å²) < 4.78 is 21.5. The van der Waals surface area contributed by atoms with Crippen LogP contribution in [0, 0.1) is 0 Å². The summed E-state index contributed by atoms with van der Waals surface area (Å²) in [7, 11) is -2.91. The van der Waals surface area contributed by atoms with Crippen molar-refractivity contribution < 1.29 is 8.42 Å². The normalized spacial score (nSPS) is 12.4. The first-order valence-electron chi connectivity index (χ1n) is 5.93. The SMILES string of the molecule is CCCCCCCCCC=CS(C)(=O)=O. The summed E-state index contributed by atoms with van der Waals surface area (Å²) in [6, 6.07) is 0. The molecule has 0 N–H and O–H groups in total. The van der Waals surface area contributed by atoms with Gasteiger partial charge in [-0.15, -0.1) is 0 Å². The molecule has 0 saturated heterocycles. The summed E-state index contributed by atoms with van der Waals surface area (Å²) in [5, 5.41) is 1.31. The highest BCUT2D eigenvalue weighted by molar-refractivity contribution is 7.93. The minimum absolute atomic E-state index is 0.890. The van der Waals surface area contributed by atoms with E-state index in [2.05, 4.69) is 6.92 Å². The van der Waals surface area contributed by atoms with E-state index < -0.39 is 9.84 Å². The Bertz CT molecular complexity index is 253. The van der Waals surface area contributed by atoms with Crippen LogP contribution in [0.4, 0.5) is 0 Å². The van der Waals surface area contributed by atoms with Gasteiger partial charge in [0.05, 0.1) is 0 Å². The quantitative estimate of drug-likeness (QED) is 0.568. The Morgan fingerprint density at radius 2 is 1.47 bits per heavy atom. The molecule has 0 fully saturated rings. The highest BCUT2D eigenvalue weighted by Gasteiger charge is 1.92. The minimum Gasteiger partial charge on any atom is -0.225 e. The van der Waals surface area contributed by atoms with Crippen LogP contribution in [0.3, 0.4) is 0 Å². The number of rotatable bonds is 9. The van der Waals surface area contributed by atoms with Gasteiger partial charge in [0.2, 0.25) is 0 Å². The molecule has 0 aromatic heterocycles. The van der Waals surface area contributed by atoms with Crippen LogP contribution in [-0.2, 0) is 9.84 Å². The van der Waals surface area contributed by atoms with Crippen molar-refractivity contribution in [3.05, 3.63) is 11.5 Å². The molecule has 0 rings (SSSR count). The van der Waals surface area contributed by atoms with Gasteiger partial charge in [0, 0.05) is 11.7 Å². The summed E-state index contributed by atoms with van der Waals surface area (Å²) in [6.45, 7) is 2.22. The first-order valence-corrected chi connectivity index (χ1v) is 7.88. The largest absolute Gasteiger partial charge is 0.225 e. The highest BCUT2D eigenvalue weighted by Crippen LogP contribution is 2.08. The second-order valence-electron chi connectivity index (χ2n) is 4.11. The number of allylic oxidation sites excluding steroid dienone is 1. The fraction of sp³-hybridized carbons (Fsp3) is 0.833. The third-order valence-corrected chi connectivity index (χ3v) is 3.00. The van der Waals surface area contributed by atoms with Crippen molar-refractivity contribution in [1.29, 1.82) is 0 Å². The summed E-state index contributed by atoms with van der Waals surface area (Å²) >= 11 is 0. The first-order chi connectivity index (χ1) is 7.06. The van der Waals surface area contributed by atoms with E-state index in [0.29, 0.717) is 0 Å². The van der Waals surface area contributed by atoms with E-state index in [1.54, 1.807) is 6.08 Å². The van der Waals surface area contributed by atoms with Gasteiger partial charge in [-0.3, -0.25) is 0 Å². The topological polar surface area (TPSA) is 34.1 Å². The smallest absolute Gasteiger partial charge is 0.168 e. The van der Waals surface area contributed by atoms with Crippen LogP contribution in [0.15, 0.2) is 11.5 Å². The molecule has 0 saturated carbocycles. The molecule has 3 heteroatoms. The highest BCUT2D eigenvalue weighted by atomic mass is 32.2. The maximum atomic E-state index is 10.8. The van der Waals surface area contributed by atoms with Crippen molar-refractivity contribution in [3.63, 3.8) is 0 Å². The zero-order valence-corrected chi connectivity index (χ0v) is 10.9. The molecule has 90 valence electrons. The van der Waals surface area contributed by atoms with Crippen molar-refractivity contribution in [1.82, 2.24) is 0 Å². The summed E-state index contributed by atoms with van der Waals surface area (Å²) in [4.78, 5) is 0. The number of unbranched alkanes of at least 4 members (excludes halogenated alkanes) is 7. The van der Waals surface area contributed by atoms with E-state index in [1.165, 1.54) is 50.2 Å². The number of hydrogen-bond donors (Lipinski definition) is 0. The van der Waals surface area contributed by atoms with Crippen molar-refractivity contribution in [2.24, 2.45) is 0 Å². The number of sulfone groups is 1. The monoisotopic (exact) mass is 232 g/mol. The molecule has 0 spiro atoms. The van der Waals surface area contributed by atoms with Gasteiger partial charge in [0.1, 0.15) is 0 Å². The summed E-state index contributed by atoms with van der Waals surface area (Å²) in [6.07, 6.45) is 12.8. The maximum Gasteiger partial charge on any atom is 0.168 e. The second kappa shape index (κ2) is 8.96. The Labute approximate surface area is 94.7 Å².